The maximum atomic E-state index is 12.2. The summed E-state index contributed by atoms with van der Waals surface area (Å²) in [5.74, 6) is 1.00. The van der Waals surface area contributed by atoms with E-state index in [4.69, 9.17) is 10.5 Å². The average Bonchev–Trinajstić information content (AvgIpc) is 2.80. The molecule has 20 heavy (non-hydrogen) atoms. The van der Waals surface area contributed by atoms with E-state index >= 15 is 0 Å². The van der Waals surface area contributed by atoms with Crippen molar-refractivity contribution in [2.75, 3.05) is 7.11 Å². The zero-order valence-electron chi connectivity index (χ0n) is 12.7. The summed E-state index contributed by atoms with van der Waals surface area (Å²) >= 11 is 0. The van der Waals surface area contributed by atoms with Crippen LogP contribution in [0.5, 0.6) is 5.75 Å². The number of hydrogen-bond acceptors (Lipinski definition) is 4. The average molecular weight is 276 g/mol. The van der Waals surface area contributed by atoms with Crippen LogP contribution in [0.2, 0.25) is 0 Å². The van der Waals surface area contributed by atoms with Crippen LogP contribution in [0, 0.1) is 13.8 Å². The molecule has 2 N–H and O–H groups in total. The third-order valence-electron chi connectivity index (χ3n) is 4.26. The number of nitrogens with two attached hydrogens (primary N) is 1. The van der Waals surface area contributed by atoms with Crippen LogP contribution < -0.4 is 10.5 Å². The summed E-state index contributed by atoms with van der Waals surface area (Å²) in [6, 6.07) is 0. The molecule has 1 aliphatic rings. The van der Waals surface area contributed by atoms with E-state index in [1.54, 1.807) is 13.3 Å². The van der Waals surface area contributed by atoms with Crippen molar-refractivity contribution in [3.63, 3.8) is 0 Å². The van der Waals surface area contributed by atoms with Crippen LogP contribution in [0.25, 0.3) is 0 Å². The van der Waals surface area contributed by atoms with E-state index in [9.17, 15) is 4.79 Å². The standard InChI is InChI=1S/C16H24N2O2/c1-11-10-18-14(12(2)15(11)20-3)8-13(19)9-16(17)6-4-5-7-16/h10H,4-9,17H2,1-3H3. The molecule has 0 atom stereocenters. The first-order chi connectivity index (χ1) is 9.45. The van der Waals surface area contributed by atoms with Crippen molar-refractivity contribution in [1.29, 1.82) is 0 Å². The van der Waals surface area contributed by atoms with Gasteiger partial charge in [0.1, 0.15) is 11.5 Å². The number of aromatic nitrogens is 1. The van der Waals surface area contributed by atoms with Gasteiger partial charge in [-0.2, -0.15) is 0 Å². The van der Waals surface area contributed by atoms with Crippen molar-refractivity contribution in [2.24, 2.45) is 5.73 Å². The van der Waals surface area contributed by atoms with E-state index < -0.39 is 0 Å². The van der Waals surface area contributed by atoms with Gasteiger partial charge in [0.15, 0.2) is 0 Å². The van der Waals surface area contributed by atoms with Crippen LogP contribution in [-0.2, 0) is 11.2 Å². The monoisotopic (exact) mass is 276 g/mol. The van der Waals surface area contributed by atoms with Crippen LogP contribution in [0.15, 0.2) is 6.20 Å². The summed E-state index contributed by atoms with van der Waals surface area (Å²) in [6.45, 7) is 3.91. The number of carbonyl (C=O) groups is 1. The van der Waals surface area contributed by atoms with E-state index in [1.807, 2.05) is 13.8 Å². The van der Waals surface area contributed by atoms with E-state index in [0.29, 0.717) is 12.8 Å². The van der Waals surface area contributed by atoms with Crippen molar-refractivity contribution in [3.8, 4) is 5.75 Å². The summed E-state index contributed by atoms with van der Waals surface area (Å²) in [6.07, 6.45) is 6.78. The summed E-state index contributed by atoms with van der Waals surface area (Å²) in [7, 11) is 1.65. The van der Waals surface area contributed by atoms with Gasteiger partial charge in [0.2, 0.25) is 0 Å². The topological polar surface area (TPSA) is 65.2 Å². The Hall–Kier alpha value is -1.42. The molecular weight excluding hydrogens is 252 g/mol. The summed E-state index contributed by atoms with van der Waals surface area (Å²) < 4.78 is 5.38. The van der Waals surface area contributed by atoms with Gasteiger partial charge in [-0.1, -0.05) is 12.8 Å². The van der Waals surface area contributed by atoms with Crippen LogP contribution in [-0.4, -0.2) is 23.4 Å². The molecule has 0 unspecified atom stereocenters. The molecule has 110 valence electrons. The molecule has 0 amide bonds. The second kappa shape index (κ2) is 5.92. The van der Waals surface area contributed by atoms with Gasteiger partial charge in [-0.05, 0) is 26.7 Å². The predicted molar refractivity (Wildman–Crippen MR) is 79.0 cm³/mol. The van der Waals surface area contributed by atoms with Crippen LogP contribution in [0.3, 0.4) is 0 Å². The fraction of sp³-hybridized carbons (Fsp3) is 0.625. The third-order valence-corrected chi connectivity index (χ3v) is 4.26. The lowest BCUT2D eigenvalue weighted by Crippen LogP contribution is -2.39. The number of hydrogen-bond donors (Lipinski definition) is 1. The van der Waals surface area contributed by atoms with Gasteiger partial charge >= 0.3 is 0 Å². The zero-order valence-corrected chi connectivity index (χ0v) is 12.7. The number of rotatable bonds is 5. The molecular formula is C16H24N2O2. The van der Waals surface area contributed by atoms with Gasteiger partial charge in [0.05, 0.1) is 12.8 Å². The number of nitrogens with zero attached hydrogens (tertiary/aromatic N) is 1. The van der Waals surface area contributed by atoms with Gasteiger partial charge in [0, 0.05) is 35.7 Å². The number of ketones is 1. The summed E-state index contributed by atoms with van der Waals surface area (Å²) in [4.78, 5) is 16.6. The molecule has 0 aliphatic heterocycles. The number of pyridine rings is 1. The van der Waals surface area contributed by atoms with Crippen LogP contribution in [0.4, 0.5) is 0 Å². The quantitative estimate of drug-likeness (QED) is 0.897. The van der Waals surface area contributed by atoms with Gasteiger partial charge < -0.3 is 10.5 Å². The highest BCUT2D eigenvalue weighted by Gasteiger charge is 2.31. The van der Waals surface area contributed by atoms with Gasteiger partial charge in [-0.15, -0.1) is 0 Å². The largest absolute Gasteiger partial charge is 0.496 e. The van der Waals surface area contributed by atoms with Crippen molar-refractivity contribution in [3.05, 3.63) is 23.0 Å². The van der Waals surface area contributed by atoms with E-state index in [1.165, 1.54) is 0 Å². The Bertz CT molecular complexity index is 505. The molecule has 0 saturated heterocycles. The van der Waals surface area contributed by atoms with E-state index in [-0.39, 0.29) is 11.3 Å². The number of carbonyl (C=O) groups excluding carboxylic acids is 1. The molecule has 1 fully saturated rings. The minimum atomic E-state index is -0.278. The third kappa shape index (κ3) is 3.18. The first-order valence-electron chi connectivity index (χ1n) is 7.25. The molecule has 2 rings (SSSR count). The molecule has 0 radical (unpaired) electrons. The number of ether oxygens (including phenoxy) is 1. The highest BCUT2D eigenvalue weighted by Crippen LogP contribution is 2.31. The van der Waals surface area contributed by atoms with Crippen LogP contribution in [0.1, 0.15) is 48.9 Å². The molecule has 0 bridgehead atoms. The normalized spacial score (nSPS) is 17.2. The lowest BCUT2D eigenvalue weighted by Gasteiger charge is -2.22. The first kappa shape index (κ1) is 15.0. The van der Waals surface area contributed by atoms with Crippen molar-refractivity contribution < 1.29 is 9.53 Å². The molecule has 1 saturated carbocycles. The van der Waals surface area contributed by atoms with E-state index in [2.05, 4.69) is 4.98 Å². The SMILES string of the molecule is COc1c(C)cnc(CC(=O)CC2(N)CCCC2)c1C. The molecule has 0 aromatic carbocycles. The molecule has 1 aromatic rings. The Morgan fingerprint density at radius 3 is 2.65 bits per heavy atom. The molecule has 4 nitrogen and oxygen atoms in total. The van der Waals surface area contributed by atoms with Crippen molar-refractivity contribution in [2.45, 2.75) is 57.9 Å². The Morgan fingerprint density at radius 1 is 1.40 bits per heavy atom. The fourth-order valence-corrected chi connectivity index (χ4v) is 3.15. The Balaban J connectivity index is 2.08. The molecule has 1 aromatic heterocycles. The molecule has 4 heteroatoms. The van der Waals surface area contributed by atoms with Crippen LogP contribution >= 0.6 is 0 Å². The number of methoxy groups -OCH3 is 1. The van der Waals surface area contributed by atoms with Crippen molar-refractivity contribution >= 4 is 5.78 Å². The fourth-order valence-electron chi connectivity index (χ4n) is 3.15. The maximum absolute atomic E-state index is 12.2. The minimum absolute atomic E-state index is 0.177. The van der Waals surface area contributed by atoms with E-state index in [0.717, 1.165) is 48.3 Å². The Labute approximate surface area is 120 Å². The summed E-state index contributed by atoms with van der Waals surface area (Å²) in [5, 5.41) is 0. The highest BCUT2D eigenvalue weighted by atomic mass is 16.5. The maximum Gasteiger partial charge on any atom is 0.140 e. The van der Waals surface area contributed by atoms with Gasteiger partial charge in [-0.25, -0.2) is 0 Å². The van der Waals surface area contributed by atoms with Crippen molar-refractivity contribution in [1.82, 2.24) is 4.98 Å². The van der Waals surface area contributed by atoms with Gasteiger partial charge in [0.25, 0.3) is 0 Å². The van der Waals surface area contributed by atoms with Gasteiger partial charge in [-0.3, -0.25) is 9.78 Å². The summed E-state index contributed by atoms with van der Waals surface area (Å²) in [5.41, 5.74) is 8.74. The number of aryl methyl sites for hydroxylation is 1. The number of Topliss-reactive ketones (excluding diaryl/α,β-unsaturated/α-hetero) is 1. The highest BCUT2D eigenvalue weighted by molar-refractivity contribution is 5.82. The first-order valence-corrected chi connectivity index (χ1v) is 7.25. The lowest BCUT2D eigenvalue weighted by molar-refractivity contribution is -0.119. The Morgan fingerprint density at radius 2 is 2.05 bits per heavy atom. The smallest absolute Gasteiger partial charge is 0.140 e. The zero-order chi connectivity index (χ0) is 14.8. The molecule has 0 spiro atoms. The lowest BCUT2D eigenvalue weighted by atomic mass is 9.90. The second-order valence-electron chi connectivity index (χ2n) is 6.01. The second-order valence-corrected chi connectivity index (χ2v) is 6.01. The minimum Gasteiger partial charge on any atom is -0.496 e. The Kier molecular flexibility index (Phi) is 4.43. The molecule has 1 aliphatic carbocycles. The predicted octanol–water partition coefficient (Wildman–Crippen LogP) is 2.48. The molecule has 1 heterocycles.